The summed E-state index contributed by atoms with van der Waals surface area (Å²) in [5.41, 5.74) is 4.38. The first kappa shape index (κ1) is 9.59. The van der Waals surface area contributed by atoms with Gasteiger partial charge in [0.25, 0.3) is 11.6 Å². The molecule has 1 aromatic rings. The van der Waals surface area contributed by atoms with Crippen LogP contribution in [0.1, 0.15) is 10.4 Å². The number of pyridine rings is 1. The Morgan fingerprint density at radius 2 is 2.31 bits per heavy atom. The first-order valence-electron chi connectivity index (χ1n) is 3.12. The fourth-order valence-electron chi connectivity index (χ4n) is 0.766. The molecule has 0 atom stereocenters. The van der Waals surface area contributed by atoms with E-state index in [1.54, 1.807) is 0 Å². The van der Waals surface area contributed by atoms with Crippen LogP contribution in [0.15, 0.2) is 16.9 Å². The smallest absolute Gasteiger partial charge is 0.300 e. The average Bonchev–Trinajstić information content (AvgIpc) is 2.03. The summed E-state index contributed by atoms with van der Waals surface area (Å²) in [6.45, 7) is 0. The number of aromatic nitrogens is 1. The van der Waals surface area contributed by atoms with Gasteiger partial charge in [-0.05, 0) is 22.0 Å². The summed E-state index contributed by atoms with van der Waals surface area (Å²) in [7, 11) is 0. The molecule has 13 heavy (non-hydrogen) atoms. The topological polar surface area (TPSA) is 99.1 Å². The van der Waals surface area contributed by atoms with Gasteiger partial charge in [0.15, 0.2) is 0 Å². The number of amides is 1. The van der Waals surface area contributed by atoms with Crippen LogP contribution in [0, 0.1) is 10.1 Å². The highest BCUT2D eigenvalue weighted by Crippen LogP contribution is 2.19. The molecule has 0 spiro atoms. The molecule has 0 saturated heterocycles. The molecule has 6 nitrogen and oxygen atoms in total. The van der Waals surface area contributed by atoms with Gasteiger partial charge >= 0.3 is 0 Å². The van der Waals surface area contributed by atoms with Crippen molar-refractivity contribution in [3.63, 3.8) is 0 Å². The zero-order valence-corrected chi connectivity index (χ0v) is 7.82. The molecule has 0 saturated carbocycles. The van der Waals surface area contributed by atoms with E-state index in [0.717, 1.165) is 6.20 Å². The summed E-state index contributed by atoms with van der Waals surface area (Å²) >= 11 is 2.97. The van der Waals surface area contributed by atoms with Crippen LogP contribution < -0.4 is 5.73 Å². The van der Waals surface area contributed by atoms with Crippen LogP contribution in [-0.2, 0) is 0 Å². The zero-order chi connectivity index (χ0) is 10.0. The number of hydrogen-bond donors (Lipinski definition) is 1. The Kier molecular flexibility index (Phi) is 2.57. The predicted molar refractivity (Wildman–Crippen MR) is 47.1 cm³/mol. The van der Waals surface area contributed by atoms with Gasteiger partial charge in [0.2, 0.25) is 0 Å². The summed E-state index contributed by atoms with van der Waals surface area (Å²) in [4.78, 5) is 24.0. The molecule has 1 heterocycles. The second-order valence-corrected chi connectivity index (χ2v) is 2.96. The minimum atomic E-state index is -0.852. The highest BCUT2D eigenvalue weighted by atomic mass is 79.9. The van der Waals surface area contributed by atoms with Crippen LogP contribution in [0.4, 0.5) is 5.69 Å². The second kappa shape index (κ2) is 3.48. The third-order valence-corrected chi connectivity index (χ3v) is 1.75. The number of halogens is 1. The molecule has 1 aromatic heterocycles. The Labute approximate surface area is 81.0 Å². The number of carbonyl (C=O) groups is 1. The van der Waals surface area contributed by atoms with Crippen molar-refractivity contribution in [1.29, 1.82) is 0 Å². The van der Waals surface area contributed by atoms with Crippen LogP contribution in [-0.4, -0.2) is 15.8 Å². The molecule has 1 rings (SSSR count). The van der Waals surface area contributed by atoms with Crippen molar-refractivity contribution in [3.05, 3.63) is 32.5 Å². The highest BCUT2D eigenvalue weighted by Gasteiger charge is 2.18. The van der Waals surface area contributed by atoms with E-state index >= 15 is 0 Å². The van der Waals surface area contributed by atoms with Crippen molar-refractivity contribution in [2.24, 2.45) is 5.73 Å². The first-order chi connectivity index (χ1) is 6.02. The van der Waals surface area contributed by atoms with Gasteiger partial charge in [-0.25, -0.2) is 4.98 Å². The van der Waals surface area contributed by atoms with Crippen molar-refractivity contribution in [1.82, 2.24) is 4.98 Å². The third-order valence-electron chi connectivity index (χ3n) is 1.31. The van der Waals surface area contributed by atoms with Gasteiger partial charge in [-0.1, -0.05) is 0 Å². The van der Waals surface area contributed by atoms with Crippen molar-refractivity contribution in [2.45, 2.75) is 0 Å². The van der Waals surface area contributed by atoms with Crippen LogP contribution >= 0.6 is 15.9 Å². The van der Waals surface area contributed by atoms with Crippen molar-refractivity contribution in [2.75, 3.05) is 0 Å². The molecule has 0 radical (unpaired) electrons. The maximum atomic E-state index is 10.7. The third kappa shape index (κ3) is 2.00. The normalized spacial score (nSPS) is 9.62. The molecule has 1 amide bonds. The minimum Gasteiger partial charge on any atom is -0.365 e. The minimum absolute atomic E-state index is 0.160. The number of rotatable bonds is 2. The van der Waals surface area contributed by atoms with Crippen molar-refractivity contribution >= 4 is 27.5 Å². The molecule has 0 aliphatic carbocycles. The number of primary amides is 1. The van der Waals surface area contributed by atoms with E-state index in [0.29, 0.717) is 4.60 Å². The number of carbonyl (C=O) groups excluding carboxylic acids is 1. The lowest BCUT2D eigenvalue weighted by molar-refractivity contribution is -0.385. The molecule has 0 fully saturated rings. The molecule has 0 aliphatic rings. The molecule has 2 N–H and O–H groups in total. The predicted octanol–water partition coefficient (Wildman–Crippen LogP) is 0.851. The summed E-state index contributed by atoms with van der Waals surface area (Å²) < 4.78 is 0.326. The van der Waals surface area contributed by atoms with Crippen LogP contribution in [0.5, 0.6) is 0 Å². The number of nitro groups is 1. The van der Waals surface area contributed by atoms with Gasteiger partial charge in [-0.3, -0.25) is 14.9 Å². The van der Waals surface area contributed by atoms with Crippen LogP contribution in [0.2, 0.25) is 0 Å². The summed E-state index contributed by atoms with van der Waals surface area (Å²) in [6.07, 6.45) is 0.976. The van der Waals surface area contributed by atoms with E-state index in [4.69, 9.17) is 5.73 Å². The average molecular weight is 246 g/mol. The molecule has 0 unspecified atom stereocenters. The zero-order valence-electron chi connectivity index (χ0n) is 6.23. The van der Waals surface area contributed by atoms with E-state index in [-0.39, 0.29) is 5.56 Å². The summed E-state index contributed by atoms with van der Waals surface area (Å²) in [5, 5.41) is 10.4. The molecule has 0 aliphatic heterocycles. The van der Waals surface area contributed by atoms with Gasteiger partial charge in [-0.2, -0.15) is 0 Å². The van der Waals surface area contributed by atoms with Gasteiger partial charge in [0.05, 0.1) is 4.92 Å². The SMILES string of the molecule is NC(=O)c1cc(Br)ncc1[N+](=O)[O-]. The fraction of sp³-hybridized carbons (Fsp3) is 0. The van der Waals surface area contributed by atoms with Crippen molar-refractivity contribution in [3.8, 4) is 0 Å². The maximum Gasteiger partial charge on any atom is 0.300 e. The van der Waals surface area contributed by atoms with E-state index in [1.807, 2.05) is 0 Å². The Morgan fingerprint density at radius 1 is 1.69 bits per heavy atom. The van der Waals surface area contributed by atoms with Crippen LogP contribution in [0.25, 0.3) is 0 Å². The Balaban J connectivity index is 3.35. The van der Waals surface area contributed by atoms with Gasteiger partial charge in [-0.15, -0.1) is 0 Å². The van der Waals surface area contributed by atoms with Crippen LogP contribution in [0.3, 0.4) is 0 Å². The van der Waals surface area contributed by atoms with Gasteiger partial charge in [0.1, 0.15) is 16.4 Å². The lowest BCUT2D eigenvalue weighted by atomic mass is 10.2. The van der Waals surface area contributed by atoms with Gasteiger partial charge < -0.3 is 5.73 Å². The largest absolute Gasteiger partial charge is 0.365 e. The lowest BCUT2D eigenvalue weighted by Gasteiger charge is -1.97. The van der Waals surface area contributed by atoms with E-state index in [9.17, 15) is 14.9 Å². The fourth-order valence-corrected chi connectivity index (χ4v) is 1.10. The standard InChI is InChI=1S/C6H4BrN3O3/c7-5-1-3(6(8)11)4(2-9-5)10(12)13/h1-2H,(H2,8,11). The Morgan fingerprint density at radius 3 is 2.77 bits per heavy atom. The summed E-state index contributed by atoms with van der Waals surface area (Å²) in [6, 6.07) is 1.21. The molecular weight excluding hydrogens is 242 g/mol. The number of nitrogens with zero attached hydrogens (tertiary/aromatic N) is 2. The molecular formula is C6H4BrN3O3. The highest BCUT2D eigenvalue weighted by molar-refractivity contribution is 9.10. The van der Waals surface area contributed by atoms with E-state index in [1.165, 1.54) is 6.07 Å². The lowest BCUT2D eigenvalue weighted by Crippen LogP contribution is -2.13. The van der Waals surface area contributed by atoms with E-state index in [2.05, 4.69) is 20.9 Å². The first-order valence-corrected chi connectivity index (χ1v) is 3.91. The van der Waals surface area contributed by atoms with Crippen molar-refractivity contribution < 1.29 is 9.72 Å². The number of nitrogens with two attached hydrogens (primary N) is 1. The summed E-state index contributed by atoms with van der Waals surface area (Å²) in [5.74, 6) is -0.852. The monoisotopic (exact) mass is 245 g/mol. The Hall–Kier alpha value is -1.50. The molecule has 0 bridgehead atoms. The molecule has 0 aromatic carbocycles. The molecule has 68 valence electrons. The second-order valence-electron chi connectivity index (χ2n) is 2.15. The quantitative estimate of drug-likeness (QED) is 0.475. The van der Waals surface area contributed by atoms with E-state index < -0.39 is 16.5 Å². The molecule has 7 heteroatoms. The van der Waals surface area contributed by atoms with Gasteiger partial charge in [0, 0.05) is 0 Å². The maximum absolute atomic E-state index is 10.7. The number of hydrogen-bond acceptors (Lipinski definition) is 4. The Bertz CT molecular complexity index is 379.